The third-order valence-electron chi connectivity index (χ3n) is 5.41. The maximum Gasteiger partial charge on any atom is 0 e. The molecule has 1 heterocycles. The van der Waals surface area contributed by atoms with E-state index in [9.17, 15) is 10.1 Å². The van der Waals surface area contributed by atoms with Gasteiger partial charge in [-0.25, -0.2) is 0 Å². The van der Waals surface area contributed by atoms with E-state index < -0.39 is 13.3 Å². The maximum absolute atomic E-state index is 10.0. The zero-order valence-corrected chi connectivity index (χ0v) is 25.3. The molecular formula is C29H29GeIrN2O2-. The minimum atomic E-state index is -2.07. The molecule has 35 heavy (non-hydrogen) atoms. The molecule has 0 bridgehead atoms. The number of rotatable bonds is 3. The number of nitriles is 1. The van der Waals surface area contributed by atoms with Crippen molar-refractivity contribution >= 4 is 45.0 Å². The molecule has 6 heteroatoms. The Morgan fingerprint density at radius 1 is 1.06 bits per heavy atom. The van der Waals surface area contributed by atoms with E-state index in [1.54, 1.807) is 0 Å². The molecule has 0 aliphatic heterocycles. The molecule has 3 aromatic carbocycles. The zero-order chi connectivity index (χ0) is 25.0. The van der Waals surface area contributed by atoms with Crippen LogP contribution in [0.5, 0.6) is 0 Å². The number of allylic oxidation sites excluding steroid dienone is 2. The summed E-state index contributed by atoms with van der Waals surface area (Å²) in [6.45, 7) is 4.98. The predicted molar refractivity (Wildman–Crippen MR) is 143 cm³/mol. The number of carbonyl (C=O) groups is 1. The normalized spacial score (nSPS) is 11.3. The van der Waals surface area contributed by atoms with Crippen LogP contribution in [0.2, 0.25) is 17.3 Å². The number of benzene rings is 3. The fourth-order valence-electron chi connectivity index (χ4n) is 3.91. The van der Waals surface area contributed by atoms with Gasteiger partial charge in [0, 0.05) is 26.2 Å². The number of nitrogens with zero attached hydrogens (tertiary/aromatic N) is 2. The summed E-state index contributed by atoms with van der Waals surface area (Å²) in [6, 6.07) is 22.2. The first-order chi connectivity index (χ1) is 16.0. The zero-order valence-electron chi connectivity index (χ0n) is 20.9. The Labute approximate surface area is 223 Å². The summed E-state index contributed by atoms with van der Waals surface area (Å²) < 4.78 is 1.42. The smallest absolute Gasteiger partial charge is 0 e. The second-order valence-corrected chi connectivity index (χ2v) is 20.0. The van der Waals surface area contributed by atoms with Crippen molar-refractivity contribution in [3.05, 3.63) is 83.8 Å². The van der Waals surface area contributed by atoms with E-state index in [1.165, 1.54) is 35.3 Å². The van der Waals surface area contributed by atoms with Crippen LogP contribution in [0.3, 0.4) is 0 Å². The van der Waals surface area contributed by atoms with Crippen molar-refractivity contribution < 1.29 is 30.0 Å². The van der Waals surface area contributed by atoms with Crippen LogP contribution in [0, 0.1) is 24.3 Å². The summed E-state index contributed by atoms with van der Waals surface area (Å²) in [6.07, 6.45) is 3.23. The van der Waals surface area contributed by atoms with Gasteiger partial charge in [-0.15, -0.1) is 0 Å². The molecule has 0 atom stereocenters. The van der Waals surface area contributed by atoms with Gasteiger partial charge < -0.3 is 5.11 Å². The molecule has 0 amide bonds. The minimum Gasteiger partial charge on any atom is 0 e. The van der Waals surface area contributed by atoms with Crippen molar-refractivity contribution in [2.24, 2.45) is 0 Å². The monoisotopic (exact) mass is 704 g/mol. The fourth-order valence-corrected chi connectivity index (χ4v) is 6.99. The van der Waals surface area contributed by atoms with E-state index in [0.717, 1.165) is 27.4 Å². The largest absolute Gasteiger partial charge is 0 e. The van der Waals surface area contributed by atoms with Crippen molar-refractivity contribution in [1.82, 2.24) is 4.98 Å². The number of aromatic nitrogens is 1. The van der Waals surface area contributed by atoms with Crippen LogP contribution in [0.1, 0.15) is 25.0 Å². The number of carbonyl (C=O) groups excluding carboxylic acids is 1. The quantitative estimate of drug-likeness (QED) is 0.113. The Morgan fingerprint density at radius 3 is 2.31 bits per heavy atom. The Morgan fingerprint density at radius 2 is 1.74 bits per heavy atom. The van der Waals surface area contributed by atoms with E-state index in [4.69, 9.17) is 10.1 Å². The first-order valence-electron chi connectivity index (χ1n) is 11.1. The Hall–Kier alpha value is -2.78. The molecule has 181 valence electrons. The van der Waals surface area contributed by atoms with Crippen LogP contribution in [0.15, 0.2) is 66.6 Å². The summed E-state index contributed by atoms with van der Waals surface area (Å²) >= 11 is -2.07. The number of ketones is 1. The third kappa shape index (κ3) is 6.89. The SMILES string of the molecule is CC(=O)/C=C(/C)O.Cc1ccc2c(-c3[c-]c4ccccc4c(C#N)c3)nc[c]([Ge]([CH3])([CH3])[CH3])c2c1.[Ir]. The van der Waals surface area contributed by atoms with Crippen LogP contribution in [-0.2, 0) is 24.9 Å². The molecule has 0 saturated carbocycles. The van der Waals surface area contributed by atoms with Gasteiger partial charge in [-0.05, 0) is 13.8 Å². The van der Waals surface area contributed by atoms with Crippen molar-refractivity contribution in [3.8, 4) is 17.3 Å². The molecule has 1 aromatic heterocycles. The second kappa shape index (κ2) is 11.8. The number of hydrogen-bond acceptors (Lipinski definition) is 4. The van der Waals surface area contributed by atoms with Gasteiger partial charge in [0.2, 0.25) is 0 Å². The van der Waals surface area contributed by atoms with Gasteiger partial charge in [0.05, 0.1) is 5.76 Å². The molecule has 0 fully saturated rings. The topological polar surface area (TPSA) is 74.0 Å². The standard InChI is InChI=1S/C24H21GeN2.C5H8O2.Ir/c1-16-9-10-21-22(11-16)23(25(2,3)4)15-27-24(21)18-12-17-7-5-6-8-20(17)19(13-18)14-26;1-4(6)3-5(2)7;/h5-11,13,15H,1-4H3;3,6H,1-2H3;/q-1;;/b;4-3-;. The number of fused-ring (bicyclic) bond motifs is 2. The number of aliphatic hydroxyl groups excluding tert-OH is 1. The van der Waals surface area contributed by atoms with Gasteiger partial charge in [-0.2, -0.15) is 0 Å². The predicted octanol–water partition coefficient (Wildman–Crippen LogP) is 6.62. The summed E-state index contributed by atoms with van der Waals surface area (Å²) in [5, 5.41) is 22.3. The maximum atomic E-state index is 10.0. The van der Waals surface area contributed by atoms with Gasteiger partial charge in [0.25, 0.3) is 0 Å². The van der Waals surface area contributed by atoms with Crippen LogP contribution >= 0.6 is 0 Å². The molecule has 4 rings (SSSR count). The van der Waals surface area contributed by atoms with Gasteiger partial charge in [0.1, 0.15) is 0 Å². The van der Waals surface area contributed by atoms with E-state index in [2.05, 4.69) is 60.7 Å². The molecule has 0 saturated heterocycles. The molecule has 4 aromatic rings. The summed E-state index contributed by atoms with van der Waals surface area (Å²) in [5.74, 6) is 7.13. The number of aliphatic hydroxyl groups is 1. The summed E-state index contributed by atoms with van der Waals surface area (Å²) in [7, 11) is 0. The Kier molecular flexibility index (Phi) is 9.57. The first-order valence-corrected chi connectivity index (χ1v) is 18.5. The number of aryl methyl sites for hydroxylation is 1. The minimum absolute atomic E-state index is 0. The molecule has 1 N–H and O–H groups in total. The van der Waals surface area contributed by atoms with Crippen LogP contribution in [-0.4, -0.2) is 29.1 Å². The average molecular weight is 702 g/mol. The van der Waals surface area contributed by atoms with Crippen LogP contribution in [0.4, 0.5) is 0 Å². The van der Waals surface area contributed by atoms with Gasteiger partial charge in [-0.1, -0.05) is 0 Å². The molecule has 1 radical (unpaired) electrons. The second-order valence-electron chi connectivity index (χ2n) is 9.47. The first kappa shape index (κ1) is 28.5. The molecule has 0 unspecified atom stereocenters. The van der Waals surface area contributed by atoms with Crippen molar-refractivity contribution in [2.45, 2.75) is 38.0 Å². The molecular weight excluding hydrogens is 673 g/mol. The van der Waals surface area contributed by atoms with E-state index in [1.807, 2.05) is 30.3 Å². The Bertz CT molecular complexity index is 1460. The molecule has 0 aliphatic carbocycles. The molecule has 0 aliphatic rings. The van der Waals surface area contributed by atoms with Crippen molar-refractivity contribution in [3.63, 3.8) is 0 Å². The van der Waals surface area contributed by atoms with Crippen molar-refractivity contribution in [2.75, 3.05) is 0 Å². The van der Waals surface area contributed by atoms with Crippen molar-refractivity contribution in [1.29, 1.82) is 5.26 Å². The summed E-state index contributed by atoms with van der Waals surface area (Å²) in [4.78, 5) is 14.9. The third-order valence-corrected chi connectivity index (χ3v) is 9.64. The van der Waals surface area contributed by atoms with Gasteiger partial charge in [0.15, 0.2) is 5.78 Å². The average Bonchev–Trinajstić information content (AvgIpc) is 2.76. The van der Waals surface area contributed by atoms with E-state index in [-0.39, 0.29) is 31.6 Å². The fraction of sp³-hybridized carbons (Fsp3) is 0.207. The molecule has 4 nitrogen and oxygen atoms in total. The summed E-state index contributed by atoms with van der Waals surface area (Å²) in [5.41, 5.74) is 3.71. The number of pyridine rings is 1. The van der Waals surface area contributed by atoms with Crippen LogP contribution < -0.4 is 4.40 Å². The van der Waals surface area contributed by atoms with Gasteiger partial charge >= 0.3 is 163 Å². The Balaban J connectivity index is 0.000000476. The van der Waals surface area contributed by atoms with E-state index >= 15 is 0 Å². The van der Waals surface area contributed by atoms with E-state index in [0.29, 0.717) is 5.56 Å². The van der Waals surface area contributed by atoms with Gasteiger partial charge in [-0.3, -0.25) is 4.79 Å². The van der Waals surface area contributed by atoms with Crippen LogP contribution in [0.25, 0.3) is 32.8 Å². The number of hydrogen-bond donors (Lipinski definition) is 1. The molecule has 0 spiro atoms.